The second kappa shape index (κ2) is 6.40. The molecule has 4 rings (SSSR count). The van der Waals surface area contributed by atoms with Crippen molar-refractivity contribution in [3.63, 3.8) is 0 Å². The quantitative estimate of drug-likeness (QED) is 0.789. The molecule has 132 valence electrons. The summed E-state index contributed by atoms with van der Waals surface area (Å²) in [5, 5.41) is 10.1. The molecule has 1 aliphatic carbocycles. The van der Waals surface area contributed by atoms with E-state index in [0.29, 0.717) is 29.4 Å². The first kappa shape index (κ1) is 16.5. The van der Waals surface area contributed by atoms with Gasteiger partial charge in [-0.25, -0.2) is 13.5 Å². The monoisotopic (exact) mass is 410 g/mol. The van der Waals surface area contributed by atoms with Crippen LogP contribution in [0.4, 0.5) is 20.3 Å². The molecule has 2 atom stereocenters. The van der Waals surface area contributed by atoms with Crippen molar-refractivity contribution < 1.29 is 13.6 Å². The van der Waals surface area contributed by atoms with Crippen LogP contribution in [0.1, 0.15) is 35.7 Å². The number of anilines is 2. The number of aromatic nitrogens is 2. The molecule has 1 fully saturated rings. The van der Waals surface area contributed by atoms with Crippen LogP contribution < -0.4 is 10.6 Å². The van der Waals surface area contributed by atoms with Crippen molar-refractivity contribution in [2.24, 2.45) is 5.92 Å². The Labute approximate surface area is 151 Å². The van der Waals surface area contributed by atoms with Gasteiger partial charge in [-0.2, -0.15) is 5.10 Å². The van der Waals surface area contributed by atoms with E-state index in [-0.39, 0.29) is 11.9 Å². The topological polar surface area (TPSA) is 59.0 Å². The molecule has 1 aromatic heterocycles. The number of rotatable bonds is 4. The van der Waals surface area contributed by atoms with Crippen molar-refractivity contribution in [3.05, 3.63) is 40.5 Å². The molecule has 1 amide bonds. The Kier molecular flexibility index (Phi) is 4.23. The average molecular weight is 411 g/mol. The van der Waals surface area contributed by atoms with Crippen molar-refractivity contribution in [1.29, 1.82) is 0 Å². The predicted octanol–water partition coefficient (Wildman–Crippen LogP) is 4.30. The Balaban J connectivity index is 1.60. The smallest absolute Gasteiger partial charge is 0.261 e. The maximum absolute atomic E-state index is 13.5. The van der Waals surface area contributed by atoms with E-state index in [4.69, 9.17) is 0 Å². The fourth-order valence-electron chi connectivity index (χ4n) is 3.27. The molecule has 1 aliphatic heterocycles. The first-order valence-electron chi connectivity index (χ1n) is 8.22. The largest absolute Gasteiger partial charge is 0.367 e. The number of carbonyl (C=O) groups is 1. The summed E-state index contributed by atoms with van der Waals surface area (Å²) in [6, 6.07) is 6.15. The number of hydrogen-bond acceptors (Lipinski definition) is 3. The molecule has 2 N–H and O–H groups in total. The molecule has 2 unspecified atom stereocenters. The van der Waals surface area contributed by atoms with E-state index in [0.717, 1.165) is 17.3 Å². The summed E-state index contributed by atoms with van der Waals surface area (Å²) in [6.45, 7) is 0. The molecular weight excluding hydrogens is 394 g/mol. The number of benzene rings is 1. The van der Waals surface area contributed by atoms with Crippen LogP contribution in [0, 0.1) is 5.92 Å². The van der Waals surface area contributed by atoms with Gasteiger partial charge in [-0.15, -0.1) is 0 Å². The summed E-state index contributed by atoms with van der Waals surface area (Å²) < 4.78 is 29.1. The predicted molar refractivity (Wildman–Crippen MR) is 94.1 cm³/mol. The third-order valence-corrected chi connectivity index (χ3v) is 5.28. The Morgan fingerprint density at radius 1 is 1.32 bits per heavy atom. The number of carbonyl (C=O) groups excluding carboxylic acids is 1. The average Bonchev–Trinajstić information content (AvgIpc) is 3.35. The summed E-state index contributed by atoms with van der Waals surface area (Å²) in [5.41, 5.74) is 0.923. The molecule has 0 saturated heterocycles. The van der Waals surface area contributed by atoms with Crippen molar-refractivity contribution >= 4 is 33.3 Å². The molecule has 1 aromatic carbocycles. The summed E-state index contributed by atoms with van der Waals surface area (Å²) >= 11 is 3.34. The number of halogens is 3. The Morgan fingerprint density at radius 2 is 2.04 bits per heavy atom. The number of alkyl halides is 2. The zero-order chi connectivity index (χ0) is 17.6. The van der Waals surface area contributed by atoms with Gasteiger partial charge in [-0.1, -0.05) is 15.9 Å². The number of nitrogens with one attached hydrogen (secondary N) is 2. The van der Waals surface area contributed by atoms with Gasteiger partial charge in [0.15, 0.2) is 0 Å². The molecule has 2 aliphatic rings. The lowest BCUT2D eigenvalue weighted by Gasteiger charge is -2.32. The highest BCUT2D eigenvalue weighted by Gasteiger charge is 2.41. The molecule has 0 spiro atoms. The van der Waals surface area contributed by atoms with E-state index in [1.165, 1.54) is 10.9 Å². The minimum atomic E-state index is -2.51. The fraction of sp³-hybridized carbons (Fsp3) is 0.412. The van der Waals surface area contributed by atoms with Crippen LogP contribution in [-0.2, 0) is 0 Å². The molecule has 2 heterocycles. The van der Waals surface area contributed by atoms with Gasteiger partial charge >= 0.3 is 0 Å². The number of nitrogens with zero attached hydrogens (tertiary/aromatic N) is 2. The normalized spacial score (nSPS) is 22.4. The first-order valence-corrected chi connectivity index (χ1v) is 9.01. The van der Waals surface area contributed by atoms with Crippen LogP contribution in [0.2, 0.25) is 0 Å². The van der Waals surface area contributed by atoms with E-state index in [2.05, 4.69) is 31.7 Å². The number of fused-ring (bicyclic) bond motifs is 1. The fourth-order valence-corrected chi connectivity index (χ4v) is 3.53. The van der Waals surface area contributed by atoms with Crippen LogP contribution in [-0.4, -0.2) is 28.2 Å². The van der Waals surface area contributed by atoms with E-state index >= 15 is 0 Å². The summed E-state index contributed by atoms with van der Waals surface area (Å²) in [7, 11) is 0. The lowest BCUT2D eigenvalue weighted by Crippen LogP contribution is -2.37. The van der Waals surface area contributed by atoms with E-state index in [9.17, 15) is 13.6 Å². The highest BCUT2D eigenvalue weighted by molar-refractivity contribution is 9.10. The molecule has 0 bridgehead atoms. The SMILES string of the molecule is O=C(Nc1ccc(Br)cc1)c1cnn2c1NC(C1CC1)CC2C(F)F. The highest BCUT2D eigenvalue weighted by atomic mass is 79.9. The summed E-state index contributed by atoms with van der Waals surface area (Å²) in [4.78, 5) is 12.6. The Hall–Kier alpha value is -1.96. The molecule has 8 heteroatoms. The second-order valence-electron chi connectivity index (χ2n) is 6.54. The zero-order valence-electron chi connectivity index (χ0n) is 13.3. The number of amides is 1. The summed E-state index contributed by atoms with van der Waals surface area (Å²) in [5.74, 6) is 0.441. The van der Waals surface area contributed by atoms with Gasteiger partial charge in [-0.05, 0) is 49.4 Å². The van der Waals surface area contributed by atoms with Gasteiger partial charge in [0.25, 0.3) is 12.3 Å². The van der Waals surface area contributed by atoms with Crippen molar-refractivity contribution in [2.75, 3.05) is 10.6 Å². The lowest BCUT2D eigenvalue weighted by atomic mass is 10.00. The molecule has 2 aromatic rings. The van der Waals surface area contributed by atoms with Crippen LogP contribution in [0.3, 0.4) is 0 Å². The molecule has 1 saturated carbocycles. The Morgan fingerprint density at radius 3 is 2.68 bits per heavy atom. The maximum Gasteiger partial charge on any atom is 0.261 e. The van der Waals surface area contributed by atoms with Crippen molar-refractivity contribution in [3.8, 4) is 0 Å². The number of hydrogen-bond donors (Lipinski definition) is 2. The molecular formula is C17H17BrF2N4O. The lowest BCUT2D eigenvalue weighted by molar-refractivity contribution is 0.0644. The van der Waals surface area contributed by atoms with Crippen molar-refractivity contribution in [1.82, 2.24) is 9.78 Å². The van der Waals surface area contributed by atoms with Crippen molar-refractivity contribution in [2.45, 2.75) is 37.8 Å². The second-order valence-corrected chi connectivity index (χ2v) is 7.45. The van der Waals surface area contributed by atoms with Gasteiger partial charge in [0.1, 0.15) is 17.4 Å². The van der Waals surface area contributed by atoms with Gasteiger partial charge in [0, 0.05) is 16.2 Å². The van der Waals surface area contributed by atoms with Crippen LogP contribution in [0.25, 0.3) is 0 Å². The molecule has 5 nitrogen and oxygen atoms in total. The van der Waals surface area contributed by atoms with E-state index in [1.54, 1.807) is 12.1 Å². The summed E-state index contributed by atoms with van der Waals surface area (Å²) in [6.07, 6.45) is 1.28. The third kappa shape index (κ3) is 3.27. The van der Waals surface area contributed by atoms with Crippen LogP contribution in [0.15, 0.2) is 34.9 Å². The van der Waals surface area contributed by atoms with Gasteiger partial charge in [-0.3, -0.25) is 4.79 Å². The zero-order valence-corrected chi connectivity index (χ0v) is 14.8. The van der Waals surface area contributed by atoms with Crippen LogP contribution in [0.5, 0.6) is 0 Å². The van der Waals surface area contributed by atoms with E-state index < -0.39 is 12.5 Å². The molecule has 25 heavy (non-hydrogen) atoms. The standard InChI is InChI=1S/C17H17BrF2N4O/c18-10-3-5-11(6-4-10)22-17(25)12-8-21-24-14(15(19)20)7-13(9-1-2-9)23-16(12)24/h3-6,8-9,13-15,23H,1-2,7H2,(H,22,25). The minimum Gasteiger partial charge on any atom is -0.367 e. The third-order valence-electron chi connectivity index (χ3n) is 4.76. The van der Waals surface area contributed by atoms with E-state index in [1.807, 2.05) is 12.1 Å². The molecule has 0 radical (unpaired) electrons. The minimum absolute atomic E-state index is 0.0255. The maximum atomic E-state index is 13.5. The van der Waals surface area contributed by atoms with Gasteiger partial charge in [0.05, 0.1) is 6.20 Å². The van der Waals surface area contributed by atoms with Gasteiger partial charge in [0.2, 0.25) is 0 Å². The van der Waals surface area contributed by atoms with Crippen LogP contribution >= 0.6 is 15.9 Å². The highest BCUT2D eigenvalue weighted by Crippen LogP contribution is 2.42. The Bertz CT molecular complexity index is 788. The van der Waals surface area contributed by atoms with Gasteiger partial charge < -0.3 is 10.6 Å². The first-order chi connectivity index (χ1) is 12.0.